The number of nitrogens with zero attached hydrogens (tertiary/aromatic N) is 2. The second-order valence-electron chi connectivity index (χ2n) is 5.68. The van der Waals surface area contributed by atoms with Gasteiger partial charge in [-0.1, -0.05) is 25.0 Å². The van der Waals surface area contributed by atoms with Crippen molar-refractivity contribution in [2.24, 2.45) is 0 Å². The van der Waals surface area contributed by atoms with E-state index in [0.717, 1.165) is 17.7 Å². The molecule has 5 nitrogen and oxygen atoms in total. The molecule has 0 aromatic heterocycles. The molecule has 0 atom stereocenters. The second-order valence-corrected chi connectivity index (χ2v) is 5.68. The topological polar surface area (TPSA) is 63.4 Å². The van der Waals surface area contributed by atoms with Crippen molar-refractivity contribution in [2.45, 2.75) is 44.3 Å². The maximum absolute atomic E-state index is 12.7. The maximum atomic E-state index is 12.7. The molecule has 1 aliphatic rings. The summed E-state index contributed by atoms with van der Waals surface area (Å²) in [5.41, 5.74) is 0.160. The highest BCUT2D eigenvalue weighted by atomic mass is 19.4. The van der Waals surface area contributed by atoms with Crippen LogP contribution in [0.2, 0.25) is 0 Å². The van der Waals surface area contributed by atoms with E-state index in [1.807, 2.05) is 0 Å². The Morgan fingerprint density at radius 3 is 2.52 bits per heavy atom. The van der Waals surface area contributed by atoms with Crippen molar-refractivity contribution in [1.29, 1.82) is 0 Å². The number of amides is 1. The summed E-state index contributed by atoms with van der Waals surface area (Å²) in [6, 6.07) is 5.02. The fraction of sp³-hybridized carbons (Fsp3) is 0.533. The van der Waals surface area contributed by atoms with E-state index < -0.39 is 29.6 Å². The van der Waals surface area contributed by atoms with Crippen molar-refractivity contribution in [1.82, 2.24) is 4.90 Å². The number of hydrogen-bond acceptors (Lipinski definition) is 3. The third-order valence-corrected chi connectivity index (χ3v) is 3.91. The van der Waals surface area contributed by atoms with E-state index in [0.29, 0.717) is 18.4 Å². The standard InChI is InChI=1S/C15H17F3N2O3/c16-15(17,18)10-19(12-5-1-2-6-12)14(21)9-11-4-3-7-13(8-11)20(22)23/h3-4,7-8,12H,1-2,5-6,9-10H2. The van der Waals surface area contributed by atoms with E-state index in [1.165, 1.54) is 24.3 Å². The number of non-ortho nitro benzene ring substituents is 1. The number of alkyl halides is 3. The first-order valence-corrected chi connectivity index (χ1v) is 7.36. The summed E-state index contributed by atoms with van der Waals surface area (Å²) in [6.07, 6.45) is -1.98. The molecule has 1 aromatic rings. The molecule has 0 radical (unpaired) electrons. The first-order valence-electron chi connectivity index (χ1n) is 7.36. The fourth-order valence-electron chi connectivity index (χ4n) is 2.89. The summed E-state index contributed by atoms with van der Waals surface area (Å²) < 4.78 is 38.2. The van der Waals surface area contributed by atoms with Gasteiger partial charge in [-0.15, -0.1) is 0 Å². The number of benzene rings is 1. The lowest BCUT2D eigenvalue weighted by molar-refractivity contribution is -0.384. The van der Waals surface area contributed by atoms with Crippen LogP contribution in [0.15, 0.2) is 24.3 Å². The molecule has 2 rings (SSSR count). The molecule has 0 unspecified atom stereocenters. The van der Waals surface area contributed by atoms with E-state index in [-0.39, 0.29) is 12.1 Å². The molecule has 0 aliphatic heterocycles. The molecule has 1 saturated carbocycles. The minimum Gasteiger partial charge on any atom is -0.330 e. The Balaban J connectivity index is 2.13. The van der Waals surface area contributed by atoms with Crippen LogP contribution in [0.1, 0.15) is 31.2 Å². The van der Waals surface area contributed by atoms with Crippen LogP contribution in [-0.2, 0) is 11.2 Å². The van der Waals surface area contributed by atoms with Crippen molar-refractivity contribution >= 4 is 11.6 Å². The zero-order valence-electron chi connectivity index (χ0n) is 12.4. The SMILES string of the molecule is O=C(Cc1cccc([N+](=O)[O-])c1)N(CC(F)(F)F)C1CCCC1. The fourth-order valence-corrected chi connectivity index (χ4v) is 2.89. The van der Waals surface area contributed by atoms with Crippen LogP contribution in [0.25, 0.3) is 0 Å². The predicted molar refractivity (Wildman–Crippen MR) is 76.8 cm³/mol. The number of hydrogen-bond donors (Lipinski definition) is 0. The van der Waals surface area contributed by atoms with Crippen LogP contribution in [0.3, 0.4) is 0 Å². The molecule has 0 N–H and O–H groups in total. The number of nitro groups is 1. The van der Waals surface area contributed by atoms with Crippen LogP contribution < -0.4 is 0 Å². The molecular weight excluding hydrogens is 313 g/mol. The Hall–Kier alpha value is -2.12. The van der Waals surface area contributed by atoms with Gasteiger partial charge < -0.3 is 4.90 Å². The molecule has 23 heavy (non-hydrogen) atoms. The third kappa shape index (κ3) is 4.94. The van der Waals surface area contributed by atoms with Gasteiger partial charge in [-0.25, -0.2) is 0 Å². The summed E-state index contributed by atoms with van der Waals surface area (Å²) in [5, 5.41) is 10.7. The normalized spacial score (nSPS) is 15.6. The van der Waals surface area contributed by atoms with Gasteiger partial charge in [0, 0.05) is 18.2 Å². The van der Waals surface area contributed by atoms with E-state index in [2.05, 4.69) is 0 Å². The van der Waals surface area contributed by atoms with Crippen LogP contribution in [0.4, 0.5) is 18.9 Å². The largest absolute Gasteiger partial charge is 0.406 e. The highest BCUT2D eigenvalue weighted by molar-refractivity contribution is 5.79. The highest BCUT2D eigenvalue weighted by Gasteiger charge is 2.37. The van der Waals surface area contributed by atoms with Gasteiger partial charge in [0.15, 0.2) is 0 Å². The number of halogens is 3. The van der Waals surface area contributed by atoms with E-state index >= 15 is 0 Å². The van der Waals surface area contributed by atoms with Gasteiger partial charge in [-0.3, -0.25) is 14.9 Å². The quantitative estimate of drug-likeness (QED) is 0.613. The van der Waals surface area contributed by atoms with E-state index in [9.17, 15) is 28.1 Å². The van der Waals surface area contributed by atoms with Gasteiger partial charge in [0.2, 0.25) is 5.91 Å². The Bertz CT molecular complexity index is 584. The molecule has 8 heteroatoms. The van der Waals surface area contributed by atoms with Crippen molar-refractivity contribution in [2.75, 3.05) is 6.54 Å². The first-order chi connectivity index (χ1) is 10.8. The number of carbonyl (C=O) groups is 1. The number of rotatable bonds is 5. The molecular formula is C15H17F3N2O3. The molecule has 1 amide bonds. The maximum Gasteiger partial charge on any atom is 0.406 e. The van der Waals surface area contributed by atoms with Crippen LogP contribution in [0, 0.1) is 10.1 Å². The lowest BCUT2D eigenvalue weighted by Crippen LogP contribution is -2.45. The highest BCUT2D eigenvalue weighted by Crippen LogP contribution is 2.28. The summed E-state index contributed by atoms with van der Waals surface area (Å²) in [4.78, 5) is 23.3. The third-order valence-electron chi connectivity index (χ3n) is 3.91. The average molecular weight is 330 g/mol. The van der Waals surface area contributed by atoms with Crippen LogP contribution >= 0.6 is 0 Å². The van der Waals surface area contributed by atoms with E-state index in [1.54, 1.807) is 0 Å². The van der Waals surface area contributed by atoms with Gasteiger partial charge in [-0.2, -0.15) is 13.2 Å². The molecule has 126 valence electrons. The van der Waals surface area contributed by atoms with Crippen LogP contribution in [0.5, 0.6) is 0 Å². The smallest absolute Gasteiger partial charge is 0.330 e. The molecule has 1 aromatic carbocycles. The molecule has 1 aliphatic carbocycles. The van der Waals surface area contributed by atoms with Gasteiger partial charge in [0.25, 0.3) is 5.69 Å². The van der Waals surface area contributed by atoms with Crippen LogP contribution in [-0.4, -0.2) is 34.5 Å². The lowest BCUT2D eigenvalue weighted by atomic mass is 10.1. The lowest BCUT2D eigenvalue weighted by Gasteiger charge is -2.30. The second kappa shape index (κ2) is 6.97. The van der Waals surface area contributed by atoms with Gasteiger partial charge in [0.05, 0.1) is 11.3 Å². The minimum atomic E-state index is -4.46. The molecule has 0 heterocycles. The van der Waals surface area contributed by atoms with Crippen molar-refractivity contribution in [3.8, 4) is 0 Å². The summed E-state index contributed by atoms with van der Waals surface area (Å²) in [6.45, 7) is -1.27. The molecule has 0 spiro atoms. The number of carbonyl (C=O) groups excluding carboxylic acids is 1. The minimum absolute atomic E-state index is 0.182. The van der Waals surface area contributed by atoms with Gasteiger partial charge in [-0.05, 0) is 18.4 Å². The van der Waals surface area contributed by atoms with Crippen molar-refractivity contribution < 1.29 is 22.9 Å². The monoisotopic (exact) mass is 330 g/mol. The Morgan fingerprint density at radius 1 is 1.30 bits per heavy atom. The average Bonchev–Trinajstić information content (AvgIpc) is 2.98. The van der Waals surface area contributed by atoms with Gasteiger partial charge >= 0.3 is 6.18 Å². The molecule has 0 bridgehead atoms. The number of nitro benzene ring substituents is 1. The zero-order chi connectivity index (χ0) is 17.0. The molecule has 1 fully saturated rings. The zero-order valence-corrected chi connectivity index (χ0v) is 12.4. The molecule has 0 saturated heterocycles. The summed E-state index contributed by atoms with van der Waals surface area (Å²) in [7, 11) is 0. The van der Waals surface area contributed by atoms with Crippen molar-refractivity contribution in [3.05, 3.63) is 39.9 Å². The van der Waals surface area contributed by atoms with Gasteiger partial charge in [0.1, 0.15) is 6.54 Å². The Labute approximate surface area is 131 Å². The van der Waals surface area contributed by atoms with Crippen molar-refractivity contribution in [3.63, 3.8) is 0 Å². The summed E-state index contributed by atoms with van der Waals surface area (Å²) >= 11 is 0. The Morgan fingerprint density at radius 2 is 1.96 bits per heavy atom. The first kappa shape index (κ1) is 17.2. The Kier molecular flexibility index (Phi) is 5.23. The predicted octanol–water partition coefficient (Wildman–Crippen LogP) is 3.47. The van der Waals surface area contributed by atoms with E-state index in [4.69, 9.17) is 0 Å². The summed E-state index contributed by atoms with van der Waals surface area (Å²) in [5.74, 6) is -0.644.